The lowest BCUT2D eigenvalue weighted by atomic mass is 10.1. The van der Waals surface area contributed by atoms with Crippen molar-refractivity contribution in [3.05, 3.63) is 77.9 Å². The van der Waals surface area contributed by atoms with Gasteiger partial charge in [-0.15, -0.1) is 0 Å². The number of amides is 1. The van der Waals surface area contributed by atoms with E-state index in [4.69, 9.17) is 4.74 Å². The van der Waals surface area contributed by atoms with Crippen LogP contribution in [0.3, 0.4) is 0 Å². The first-order chi connectivity index (χ1) is 12.7. The molecule has 0 saturated heterocycles. The van der Waals surface area contributed by atoms with Crippen molar-refractivity contribution in [2.45, 2.75) is 26.4 Å². The number of aryl methyl sites for hydroxylation is 1. The fourth-order valence-electron chi connectivity index (χ4n) is 2.53. The van der Waals surface area contributed by atoms with Crippen LogP contribution in [-0.2, 0) is 17.9 Å². The summed E-state index contributed by atoms with van der Waals surface area (Å²) in [5, 5.41) is 7.00. The Morgan fingerprint density at radius 2 is 1.88 bits per heavy atom. The van der Waals surface area contributed by atoms with E-state index < -0.39 is 0 Å². The largest absolute Gasteiger partial charge is 0.493 e. The Morgan fingerprint density at radius 3 is 2.62 bits per heavy atom. The van der Waals surface area contributed by atoms with E-state index in [0.717, 1.165) is 22.4 Å². The summed E-state index contributed by atoms with van der Waals surface area (Å²) in [6, 6.07) is 15.9. The van der Waals surface area contributed by atoms with Gasteiger partial charge < -0.3 is 10.1 Å². The van der Waals surface area contributed by atoms with E-state index in [2.05, 4.69) is 15.4 Å². The molecular weight excluding hydrogens is 328 g/mol. The van der Waals surface area contributed by atoms with Gasteiger partial charge >= 0.3 is 0 Å². The number of benzene rings is 2. The van der Waals surface area contributed by atoms with E-state index in [-0.39, 0.29) is 5.91 Å². The average Bonchev–Trinajstić information content (AvgIpc) is 3.16. The molecule has 26 heavy (non-hydrogen) atoms. The quantitative estimate of drug-likeness (QED) is 0.678. The predicted octanol–water partition coefficient (Wildman–Crippen LogP) is 2.72. The number of carbonyl (C=O) groups is 1. The molecule has 1 N–H and O–H groups in total. The number of hydrogen-bond donors (Lipinski definition) is 1. The fourth-order valence-corrected chi connectivity index (χ4v) is 2.53. The normalized spacial score (nSPS) is 10.5. The Morgan fingerprint density at radius 1 is 1.12 bits per heavy atom. The number of ether oxygens (including phenoxy) is 1. The van der Waals surface area contributed by atoms with Crippen molar-refractivity contribution in [2.24, 2.45) is 0 Å². The molecule has 0 atom stereocenters. The molecule has 0 saturated carbocycles. The average molecular weight is 350 g/mol. The van der Waals surface area contributed by atoms with Crippen LogP contribution < -0.4 is 10.1 Å². The second kappa shape index (κ2) is 8.80. The van der Waals surface area contributed by atoms with Crippen LogP contribution in [0.25, 0.3) is 0 Å². The topological polar surface area (TPSA) is 69.0 Å². The smallest absolute Gasteiger partial charge is 0.223 e. The number of aromatic nitrogens is 3. The molecule has 0 radical (unpaired) electrons. The number of rotatable bonds is 8. The minimum atomic E-state index is -0.0229. The van der Waals surface area contributed by atoms with Crippen molar-refractivity contribution < 1.29 is 9.53 Å². The Bertz CT molecular complexity index is 829. The van der Waals surface area contributed by atoms with Crippen LogP contribution in [0, 0.1) is 6.92 Å². The summed E-state index contributed by atoms with van der Waals surface area (Å²) in [5.41, 5.74) is 3.26. The Kier molecular flexibility index (Phi) is 5.98. The van der Waals surface area contributed by atoms with Gasteiger partial charge in [0.2, 0.25) is 5.91 Å². The van der Waals surface area contributed by atoms with E-state index in [9.17, 15) is 4.79 Å². The summed E-state index contributed by atoms with van der Waals surface area (Å²) in [6.45, 7) is 3.55. The monoisotopic (exact) mass is 350 g/mol. The zero-order valence-corrected chi connectivity index (χ0v) is 14.8. The van der Waals surface area contributed by atoms with Gasteiger partial charge in [-0.1, -0.05) is 42.5 Å². The zero-order chi connectivity index (χ0) is 18.2. The highest BCUT2D eigenvalue weighted by atomic mass is 16.5. The Hall–Kier alpha value is -3.15. The van der Waals surface area contributed by atoms with Gasteiger partial charge in [0.15, 0.2) is 0 Å². The maximum Gasteiger partial charge on any atom is 0.223 e. The number of nitrogens with zero attached hydrogens (tertiary/aromatic N) is 3. The van der Waals surface area contributed by atoms with Crippen molar-refractivity contribution in [3.63, 3.8) is 0 Å². The molecule has 0 aliphatic heterocycles. The third-order valence-corrected chi connectivity index (χ3v) is 4.00. The highest BCUT2D eigenvalue weighted by molar-refractivity contribution is 5.76. The van der Waals surface area contributed by atoms with Crippen molar-refractivity contribution >= 4 is 5.91 Å². The molecule has 1 amide bonds. The second-order valence-corrected chi connectivity index (χ2v) is 6.05. The van der Waals surface area contributed by atoms with E-state index in [0.29, 0.717) is 26.1 Å². The molecule has 3 aromatic rings. The van der Waals surface area contributed by atoms with Gasteiger partial charge in [0.05, 0.1) is 19.6 Å². The van der Waals surface area contributed by atoms with Crippen molar-refractivity contribution in [3.8, 4) is 5.75 Å². The molecule has 1 heterocycles. The lowest BCUT2D eigenvalue weighted by Crippen LogP contribution is -2.24. The lowest BCUT2D eigenvalue weighted by molar-refractivity contribution is -0.121. The molecular formula is C20H22N4O2. The van der Waals surface area contributed by atoms with Crippen LogP contribution in [-0.4, -0.2) is 27.3 Å². The van der Waals surface area contributed by atoms with E-state index >= 15 is 0 Å². The number of nitrogens with one attached hydrogen (secondary N) is 1. The molecule has 6 nitrogen and oxygen atoms in total. The molecule has 1 aromatic heterocycles. The minimum Gasteiger partial charge on any atom is -0.493 e. The third kappa shape index (κ3) is 5.17. The van der Waals surface area contributed by atoms with Crippen LogP contribution in [0.15, 0.2) is 61.2 Å². The maximum atomic E-state index is 12.0. The van der Waals surface area contributed by atoms with Crippen LogP contribution in [0.1, 0.15) is 23.1 Å². The van der Waals surface area contributed by atoms with Crippen LogP contribution >= 0.6 is 0 Å². The fraction of sp³-hybridized carbons (Fsp3) is 0.250. The first-order valence-electron chi connectivity index (χ1n) is 8.56. The van der Waals surface area contributed by atoms with Crippen molar-refractivity contribution in [2.75, 3.05) is 6.61 Å². The summed E-state index contributed by atoms with van der Waals surface area (Å²) in [7, 11) is 0. The first kappa shape index (κ1) is 17.7. The molecule has 0 unspecified atom stereocenters. The van der Waals surface area contributed by atoms with E-state index in [1.165, 1.54) is 6.33 Å². The molecule has 0 spiro atoms. The van der Waals surface area contributed by atoms with E-state index in [1.54, 1.807) is 11.0 Å². The Labute approximate surface area is 152 Å². The predicted molar refractivity (Wildman–Crippen MR) is 98.7 cm³/mol. The minimum absolute atomic E-state index is 0.0229. The van der Waals surface area contributed by atoms with Gasteiger partial charge in [0.1, 0.15) is 18.4 Å². The molecule has 6 heteroatoms. The van der Waals surface area contributed by atoms with Gasteiger partial charge in [0.25, 0.3) is 0 Å². The summed E-state index contributed by atoms with van der Waals surface area (Å²) in [4.78, 5) is 15.9. The van der Waals surface area contributed by atoms with Crippen LogP contribution in [0.2, 0.25) is 0 Å². The molecule has 134 valence electrons. The van der Waals surface area contributed by atoms with Gasteiger partial charge in [0, 0.05) is 6.54 Å². The number of hydrogen-bond acceptors (Lipinski definition) is 4. The van der Waals surface area contributed by atoms with Crippen LogP contribution in [0.4, 0.5) is 0 Å². The number of para-hydroxylation sites is 1. The molecule has 0 bridgehead atoms. The zero-order valence-electron chi connectivity index (χ0n) is 14.8. The van der Waals surface area contributed by atoms with Gasteiger partial charge in [-0.2, -0.15) is 5.10 Å². The van der Waals surface area contributed by atoms with Crippen LogP contribution in [0.5, 0.6) is 5.75 Å². The SMILES string of the molecule is Cc1ccccc1OCCC(=O)NCc1ccc(Cn2cncn2)cc1. The summed E-state index contributed by atoms with van der Waals surface area (Å²) in [6.07, 6.45) is 3.54. The second-order valence-electron chi connectivity index (χ2n) is 6.05. The first-order valence-corrected chi connectivity index (χ1v) is 8.56. The summed E-state index contributed by atoms with van der Waals surface area (Å²) < 4.78 is 7.42. The van der Waals surface area contributed by atoms with Gasteiger partial charge in [-0.05, 0) is 29.7 Å². The van der Waals surface area contributed by atoms with Crippen molar-refractivity contribution in [1.29, 1.82) is 0 Å². The third-order valence-electron chi connectivity index (χ3n) is 4.00. The van der Waals surface area contributed by atoms with E-state index in [1.807, 2.05) is 55.5 Å². The maximum absolute atomic E-state index is 12.0. The van der Waals surface area contributed by atoms with Crippen molar-refractivity contribution in [1.82, 2.24) is 20.1 Å². The highest BCUT2D eigenvalue weighted by Gasteiger charge is 2.04. The number of carbonyl (C=O) groups excluding carboxylic acids is 1. The molecule has 2 aromatic carbocycles. The summed E-state index contributed by atoms with van der Waals surface area (Å²) >= 11 is 0. The molecule has 0 aliphatic carbocycles. The highest BCUT2D eigenvalue weighted by Crippen LogP contribution is 2.16. The lowest BCUT2D eigenvalue weighted by Gasteiger charge is -2.09. The van der Waals surface area contributed by atoms with Gasteiger partial charge in [-0.3, -0.25) is 4.79 Å². The standard InChI is InChI=1S/C20H22N4O2/c1-16-4-2-3-5-19(16)26-11-10-20(25)22-12-17-6-8-18(9-7-17)13-24-15-21-14-23-24/h2-9,14-15H,10-13H2,1H3,(H,22,25). The molecule has 0 fully saturated rings. The van der Waals surface area contributed by atoms with Gasteiger partial charge in [-0.25, -0.2) is 9.67 Å². The molecule has 3 rings (SSSR count). The Balaban J connectivity index is 1.39. The molecule has 0 aliphatic rings. The summed E-state index contributed by atoms with van der Waals surface area (Å²) in [5.74, 6) is 0.800.